The molecule has 0 fully saturated rings. The van der Waals surface area contributed by atoms with Crippen molar-refractivity contribution in [3.05, 3.63) is 6.67 Å². The molecule has 0 N–H and O–H groups in total. The average Bonchev–Trinajstić information content (AvgIpc) is 2.08. The van der Waals surface area contributed by atoms with Crippen LogP contribution in [0.3, 0.4) is 0 Å². The van der Waals surface area contributed by atoms with E-state index in [4.69, 9.17) is 0 Å². The van der Waals surface area contributed by atoms with Crippen LogP contribution >= 0.6 is 0 Å². The van der Waals surface area contributed by atoms with Gasteiger partial charge in [0.2, 0.25) is 0 Å². The smallest absolute Gasteiger partial charge is 0.459 e. The van der Waals surface area contributed by atoms with Gasteiger partial charge in [0, 0.05) is 6.42 Å². The van der Waals surface area contributed by atoms with Crippen molar-refractivity contribution in [2.24, 2.45) is 0 Å². The fourth-order valence-corrected chi connectivity index (χ4v) is 1.25. The molecule has 86 valence electrons. The summed E-state index contributed by atoms with van der Waals surface area (Å²) >= 11 is 0. The Hall–Kier alpha value is 1.36. The van der Waals surface area contributed by atoms with Gasteiger partial charge in [-0.1, -0.05) is 32.1 Å². The second kappa shape index (κ2) is 11.8. The van der Waals surface area contributed by atoms with Crippen molar-refractivity contribution >= 4 is 0 Å². The molecule has 0 saturated carbocycles. The van der Waals surface area contributed by atoms with Crippen molar-refractivity contribution in [3.8, 4) is 0 Å². The van der Waals surface area contributed by atoms with Crippen LogP contribution in [-0.4, -0.2) is 6.18 Å². The molecular formula is C10H17F4K. The predicted octanol–water partition coefficient (Wildman–Crippen LogP) is 1.80. The summed E-state index contributed by atoms with van der Waals surface area (Å²) in [5.41, 5.74) is 0. The van der Waals surface area contributed by atoms with E-state index >= 15 is 0 Å². The second-order valence-electron chi connectivity index (χ2n) is 3.43. The summed E-state index contributed by atoms with van der Waals surface area (Å²) in [4.78, 5) is 0. The van der Waals surface area contributed by atoms with Gasteiger partial charge in [0.05, 0.1) is 0 Å². The topological polar surface area (TPSA) is 0 Å². The van der Waals surface area contributed by atoms with E-state index in [9.17, 15) is 17.6 Å². The zero-order valence-corrected chi connectivity index (χ0v) is 12.4. The van der Waals surface area contributed by atoms with Crippen molar-refractivity contribution in [2.75, 3.05) is 0 Å². The molecule has 0 unspecified atom stereocenters. The average molecular weight is 252 g/mol. The first-order chi connectivity index (χ1) is 6.56. The van der Waals surface area contributed by atoms with Gasteiger partial charge < -0.3 is 4.39 Å². The summed E-state index contributed by atoms with van der Waals surface area (Å²) in [6.07, 6.45) is 0.0604. The van der Waals surface area contributed by atoms with E-state index in [2.05, 4.69) is 0 Å². The van der Waals surface area contributed by atoms with E-state index in [0.717, 1.165) is 25.7 Å². The van der Waals surface area contributed by atoms with Crippen molar-refractivity contribution in [2.45, 2.75) is 57.5 Å². The van der Waals surface area contributed by atoms with Crippen LogP contribution in [0.1, 0.15) is 51.4 Å². The molecule has 0 saturated heterocycles. The third-order valence-electron chi connectivity index (χ3n) is 2.02. The number of rotatable bonds is 8. The normalized spacial score (nSPS) is 11.2. The molecular weight excluding hydrogens is 235 g/mol. The Morgan fingerprint density at radius 2 is 1.27 bits per heavy atom. The molecule has 0 bridgehead atoms. The van der Waals surface area contributed by atoms with Crippen LogP contribution in [0.15, 0.2) is 0 Å². The zero-order chi connectivity index (χ0) is 10.9. The molecule has 5 heteroatoms. The Morgan fingerprint density at radius 1 is 0.800 bits per heavy atom. The maximum atomic E-state index is 11.7. The van der Waals surface area contributed by atoms with Crippen LogP contribution in [0.25, 0.3) is 0 Å². The van der Waals surface area contributed by atoms with Crippen LogP contribution in [0.4, 0.5) is 17.6 Å². The van der Waals surface area contributed by atoms with E-state index in [1.54, 1.807) is 0 Å². The molecule has 0 aliphatic heterocycles. The van der Waals surface area contributed by atoms with E-state index < -0.39 is 12.6 Å². The van der Waals surface area contributed by atoms with Crippen molar-refractivity contribution in [1.29, 1.82) is 0 Å². The number of unbranched alkanes of at least 4 members (excludes halogenated alkanes) is 6. The summed E-state index contributed by atoms with van der Waals surface area (Å²) in [5.74, 6) is 0. The van der Waals surface area contributed by atoms with Gasteiger partial charge >= 0.3 is 57.6 Å². The Bertz CT molecular complexity index is 125. The molecule has 0 nitrogen and oxygen atoms in total. The molecule has 0 aliphatic rings. The van der Waals surface area contributed by atoms with E-state index in [1.165, 1.54) is 0 Å². The maximum Gasteiger partial charge on any atom is 1.00 e. The number of halogens is 4. The van der Waals surface area contributed by atoms with Gasteiger partial charge in [-0.3, -0.25) is 0 Å². The zero-order valence-electron chi connectivity index (χ0n) is 9.25. The molecule has 15 heavy (non-hydrogen) atoms. The molecule has 0 aromatic rings. The van der Waals surface area contributed by atoms with Crippen LogP contribution in [0.2, 0.25) is 0 Å². The van der Waals surface area contributed by atoms with Gasteiger partial charge in [-0.15, -0.1) is 0 Å². The van der Waals surface area contributed by atoms with Crippen LogP contribution < -0.4 is 51.4 Å². The van der Waals surface area contributed by atoms with Crippen LogP contribution in [0.5, 0.6) is 0 Å². The molecule has 0 atom stereocenters. The third-order valence-corrected chi connectivity index (χ3v) is 2.02. The first-order valence-corrected chi connectivity index (χ1v) is 5.05. The quantitative estimate of drug-likeness (QED) is 0.267. The van der Waals surface area contributed by atoms with Gasteiger partial charge in [0.25, 0.3) is 0 Å². The van der Waals surface area contributed by atoms with Crippen molar-refractivity contribution in [3.63, 3.8) is 0 Å². The Kier molecular flexibility index (Phi) is 14.8. The van der Waals surface area contributed by atoms with Gasteiger partial charge in [-0.25, -0.2) is 0 Å². The Balaban J connectivity index is 0. The van der Waals surface area contributed by atoms with Gasteiger partial charge in [-0.2, -0.15) is 26.3 Å². The van der Waals surface area contributed by atoms with Crippen LogP contribution in [-0.2, 0) is 0 Å². The number of hydrogen-bond acceptors (Lipinski definition) is 0. The number of alkyl halides is 3. The van der Waals surface area contributed by atoms with E-state index in [-0.39, 0.29) is 57.8 Å². The Labute approximate surface area is 132 Å². The van der Waals surface area contributed by atoms with Crippen molar-refractivity contribution < 1.29 is 68.9 Å². The summed E-state index contributed by atoms with van der Waals surface area (Å²) in [7, 11) is 0. The third kappa shape index (κ3) is 17.9. The van der Waals surface area contributed by atoms with E-state index in [1.807, 2.05) is 0 Å². The second-order valence-corrected chi connectivity index (χ2v) is 3.43. The maximum absolute atomic E-state index is 11.7. The molecule has 0 amide bonds. The summed E-state index contributed by atoms with van der Waals surface area (Å²) in [6, 6.07) is 0. The minimum atomic E-state index is -4.01. The van der Waals surface area contributed by atoms with Gasteiger partial charge in [0.15, 0.2) is 0 Å². The minimum absolute atomic E-state index is 0. The first-order valence-electron chi connectivity index (χ1n) is 5.05. The Morgan fingerprint density at radius 3 is 1.73 bits per heavy atom. The SMILES string of the molecule is F[CH-]CCCCCCCCC(F)(F)F.[K+]. The molecule has 0 aromatic carbocycles. The molecule has 0 spiro atoms. The summed E-state index contributed by atoms with van der Waals surface area (Å²) in [6.45, 7) is 0.629. The minimum Gasteiger partial charge on any atom is -0.459 e. The van der Waals surface area contributed by atoms with Gasteiger partial charge in [-0.05, 0) is 6.42 Å². The molecule has 0 rings (SSSR count). The summed E-state index contributed by atoms with van der Waals surface area (Å²) in [5, 5.41) is 0. The van der Waals surface area contributed by atoms with Crippen LogP contribution in [0, 0.1) is 6.67 Å². The molecule has 0 heterocycles. The molecule has 0 radical (unpaired) electrons. The summed E-state index contributed by atoms with van der Waals surface area (Å²) < 4.78 is 46.6. The molecule has 0 aliphatic carbocycles. The van der Waals surface area contributed by atoms with E-state index in [0.29, 0.717) is 19.5 Å². The fraction of sp³-hybridized carbons (Fsp3) is 0.900. The first kappa shape index (κ1) is 18.7. The van der Waals surface area contributed by atoms with Crippen molar-refractivity contribution in [1.82, 2.24) is 0 Å². The monoisotopic (exact) mass is 252 g/mol. The molecule has 0 aromatic heterocycles. The fourth-order valence-electron chi connectivity index (χ4n) is 1.25. The van der Waals surface area contributed by atoms with Gasteiger partial charge in [0.1, 0.15) is 0 Å². The predicted molar refractivity (Wildman–Crippen MR) is 48.4 cm³/mol. The largest absolute Gasteiger partial charge is 1.00 e. The standard InChI is InChI=1S/C10H17F4.K/c11-9-7-5-3-1-2-4-6-8-10(12,13)14;/h9H,1-8H2;/q-1;+1. The number of hydrogen-bond donors (Lipinski definition) is 0.